The third kappa shape index (κ3) is 7.66. The lowest BCUT2D eigenvalue weighted by Crippen LogP contribution is -2.21. The number of benzene rings is 3. The van der Waals surface area contributed by atoms with Gasteiger partial charge in [0.15, 0.2) is 6.61 Å². The number of nitrogens with one attached hydrogen (secondary N) is 2. The quantitative estimate of drug-likeness (QED) is 0.297. The molecular weight excluding hydrogens is 573 g/mol. The summed E-state index contributed by atoms with van der Waals surface area (Å²) in [4.78, 5) is 11.9. The predicted molar refractivity (Wildman–Crippen MR) is 124 cm³/mol. The Kier molecular flexibility index (Phi) is 8.20. The van der Waals surface area contributed by atoms with E-state index in [1.54, 1.807) is 0 Å². The highest BCUT2D eigenvalue weighted by Gasteiger charge is 2.37. The van der Waals surface area contributed by atoms with Crippen LogP contribution < -0.4 is 14.8 Å². The maximum absolute atomic E-state index is 13.0. The van der Waals surface area contributed by atoms with Gasteiger partial charge in [0.1, 0.15) is 5.75 Å². The molecule has 6 nitrogen and oxygen atoms in total. The zero-order valence-electron chi connectivity index (χ0n) is 18.0. The van der Waals surface area contributed by atoms with Gasteiger partial charge in [-0.3, -0.25) is 9.52 Å². The number of carbonyl (C=O) groups excluding carboxylic acids is 1. The van der Waals surface area contributed by atoms with Crippen LogP contribution in [0.25, 0.3) is 0 Å². The van der Waals surface area contributed by atoms with Crippen LogP contribution in [-0.4, -0.2) is 20.9 Å². The molecule has 0 saturated heterocycles. The van der Waals surface area contributed by atoms with Crippen LogP contribution in [0.15, 0.2) is 65.6 Å². The molecule has 0 aromatic heterocycles. The van der Waals surface area contributed by atoms with Gasteiger partial charge in [0.25, 0.3) is 15.9 Å². The van der Waals surface area contributed by atoms with Gasteiger partial charge in [-0.15, -0.1) is 0 Å². The summed E-state index contributed by atoms with van der Waals surface area (Å²) in [5.74, 6) is -1.26. The average molecular weight is 587 g/mol. The van der Waals surface area contributed by atoms with E-state index in [4.69, 9.17) is 27.9 Å². The molecule has 3 rings (SSSR count). The molecule has 0 aliphatic rings. The average Bonchev–Trinajstić information content (AvgIpc) is 2.78. The normalized spacial score (nSPS) is 12.2. The Hall–Kier alpha value is -3.16. The van der Waals surface area contributed by atoms with Crippen LogP contribution in [0.1, 0.15) is 11.1 Å². The Bertz CT molecular complexity index is 1380. The van der Waals surface area contributed by atoms with Gasteiger partial charge >= 0.3 is 12.4 Å². The summed E-state index contributed by atoms with van der Waals surface area (Å²) >= 11 is 11.8. The van der Waals surface area contributed by atoms with Crippen molar-refractivity contribution in [2.75, 3.05) is 16.6 Å². The Balaban J connectivity index is 1.70. The molecule has 1 amide bonds. The zero-order valence-corrected chi connectivity index (χ0v) is 20.4. The summed E-state index contributed by atoms with van der Waals surface area (Å²) in [7, 11) is -4.07. The first-order valence-electron chi connectivity index (χ1n) is 9.85. The molecule has 3 aromatic rings. The molecule has 0 saturated carbocycles. The molecule has 0 heterocycles. The summed E-state index contributed by atoms with van der Waals surface area (Å²) in [6, 6.07) is 9.66. The molecular formula is C22H14Cl2F6N2O4S. The Labute approximate surface area is 216 Å². The van der Waals surface area contributed by atoms with Gasteiger partial charge in [-0.05, 0) is 60.7 Å². The molecule has 0 aliphatic heterocycles. The lowest BCUT2D eigenvalue weighted by Gasteiger charge is -2.15. The Morgan fingerprint density at radius 3 is 1.89 bits per heavy atom. The standard InChI is InChI=1S/C22H14Cl2F6N2O4S/c23-14-1-3-15(4-2-14)32-37(34,35)17-5-6-19(18(24)10-17)36-11-20(33)31-16-8-12(21(25,26)27)7-13(9-16)22(28,29)30/h1-10,32H,11H2,(H,31,33). The highest BCUT2D eigenvalue weighted by molar-refractivity contribution is 7.92. The van der Waals surface area contributed by atoms with Crippen molar-refractivity contribution in [3.05, 3.63) is 81.8 Å². The van der Waals surface area contributed by atoms with Gasteiger partial charge in [0, 0.05) is 16.4 Å². The van der Waals surface area contributed by atoms with Crippen molar-refractivity contribution in [3.63, 3.8) is 0 Å². The number of hydrogen-bond donors (Lipinski definition) is 2. The molecule has 0 aliphatic carbocycles. The highest BCUT2D eigenvalue weighted by atomic mass is 35.5. The summed E-state index contributed by atoms with van der Waals surface area (Å²) in [5, 5.41) is 2.06. The minimum Gasteiger partial charge on any atom is -0.482 e. The predicted octanol–water partition coefficient (Wildman–Crippen LogP) is 6.85. The van der Waals surface area contributed by atoms with Crippen LogP contribution in [-0.2, 0) is 27.2 Å². The second-order valence-corrected chi connectivity index (χ2v) is 9.86. The van der Waals surface area contributed by atoms with E-state index in [0.29, 0.717) is 17.2 Å². The Morgan fingerprint density at radius 2 is 1.38 bits per heavy atom. The number of rotatable bonds is 7. The van der Waals surface area contributed by atoms with Crippen LogP contribution in [0.5, 0.6) is 5.75 Å². The highest BCUT2D eigenvalue weighted by Crippen LogP contribution is 2.37. The molecule has 3 aromatic carbocycles. The van der Waals surface area contributed by atoms with Crippen molar-refractivity contribution >= 4 is 50.5 Å². The van der Waals surface area contributed by atoms with Crippen LogP contribution >= 0.6 is 23.2 Å². The van der Waals surface area contributed by atoms with Crippen molar-refractivity contribution in [1.29, 1.82) is 0 Å². The van der Waals surface area contributed by atoms with Crippen LogP contribution in [0.4, 0.5) is 37.7 Å². The minimum absolute atomic E-state index is 0.0800. The zero-order chi connectivity index (χ0) is 27.6. The van der Waals surface area contributed by atoms with Gasteiger partial charge in [0.2, 0.25) is 0 Å². The molecule has 0 unspecified atom stereocenters. The van der Waals surface area contributed by atoms with E-state index in [-0.39, 0.29) is 27.4 Å². The van der Waals surface area contributed by atoms with Gasteiger partial charge < -0.3 is 10.1 Å². The van der Waals surface area contributed by atoms with Crippen molar-refractivity contribution in [3.8, 4) is 5.75 Å². The van der Waals surface area contributed by atoms with Gasteiger partial charge in [-0.1, -0.05) is 23.2 Å². The third-order valence-corrected chi connectivity index (χ3v) is 6.47. The first kappa shape index (κ1) is 28.4. The number of sulfonamides is 1. The number of alkyl halides is 6. The fourth-order valence-electron chi connectivity index (χ4n) is 2.87. The maximum atomic E-state index is 13.0. The fraction of sp³-hybridized carbons (Fsp3) is 0.136. The van der Waals surface area contributed by atoms with E-state index in [0.717, 1.165) is 18.2 Å². The Morgan fingerprint density at radius 1 is 0.811 bits per heavy atom. The van der Waals surface area contributed by atoms with Crippen LogP contribution in [0, 0.1) is 0 Å². The van der Waals surface area contributed by atoms with E-state index < -0.39 is 51.7 Å². The summed E-state index contributed by atoms with van der Waals surface area (Å²) < 4.78 is 110. The second kappa shape index (κ2) is 10.7. The number of ether oxygens (including phenoxy) is 1. The topological polar surface area (TPSA) is 84.5 Å². The van der Waals surface area contributed by atoms with E-state index in [9.17, 15) is 39.6 Å². The minimum atomic E-state index is -5.09. The molecule has 0 fully saturated rings. The van der Waals surface area contributed by atoms with Crippen LogP contribution in [0.3, 0.4) is 0 Å². The molecule has 37 heavy (non-hydrogen) atoms. The van der Waals surface area contributed by atoms with E-state index >= 15 is 0 Å². The molecule has 198 valence electrons. The van der Waals surface area contributed by atoms with E-state index in [1.807, 2.05) is 5.32 Å². The van der Waals surface area contributed by atoms with Crippen molar-refractivity contribution in [2.24, 2.45) is 0 Å². The molecule has 0 spiro atoms. The van der Waals surface area contributed by atoms with Gasteiger partial charge in [0.05, 0.1) is 21.0 Å². The SMILES string of the molecule is O=C(COc1ccc(S(=O)(=O)Nc2ccc(Cl)cc2)cc1Cl)Nc1cc(C(F)(F)F)cc(C(F)(F)F)c1. The molecule has 0 radical (unpaired) electrons. The van der Waals surface area contributed by atoms with Crippen molar-refractivity contribution in [2.45, 2.75) is 17.2 Å². The van der Waals surface area contributed by atoms with E-state index in [1.165, 1.54) is 24.3 Å². The van der Waals surface area contributed by atoms with Crippen molar-refractivity contribution < 1.29 is 44.3 Å². The van der Waals surface area contributed by atoms with Gasteiger partial charge in [-0.25, -0.2) is 8.42 Å². The maximum Gasteiger partial charge on any atom is 0.416 e. The summed E-state index contributed by atoms with van der Waals surface area (Å²) in [6.45, 7) is -0.855. The monoisotopic (exact) mass is 586 g/mol. The number of amides is 1. The number of anilines is 2. The number of carbonyl (C=O) groups is 1. The molecule has 2 N–H and O–H groups in total. The lowest BCUT2D eigenvalue weighted by molar-refractivity contribution is -0.143. The van der Waals surface area contributed by atoms with Crippen LogP contribution in [0.2, 0.25) is 10.0 Å². The summed E-state index contributed by atoms with van der Waals surface area (Å²) in [6.07, 6.45) is -10.2. The van der Waals surface area contributed by atoms with Gasteiger partial charge in [-0.2, -0.15) is 26.3 Å². The lowest BCUT2D eigenvalue weighted by atomic mass is 10.1. The fourth-order valence-corrected chi connectivity index (χ4v) is 4.38. The smallest absolute Gasteiger partial charge is 0.416 e. The molecule has 15 heteroatoms. The first-order valence-corrected chi connectivity index (χ1v) is 12.1. The number of hydrogen-bond acceptors (Lipinski definition) is 4. The third-order valence-electron chi connectivity index (χ3n) is 4.54. The van der Waals surface area contributed by atoms with E-state index in [2.05, 4.69) is 4.72 Å². The largest absolute Gasteiger partial charge is 0.482 e. The summed E-state index contributed by atoms with van der Waals surface area (Å²) in [5.41, 5.74) is -3.74. The molecule has 0 atom stereocenters. The van der Waals surface area contributed by atoms with Crippen molar-refractivity contribution in [1.82, 2.24) is 0 Å². The first-order chi connectivity index (χ1) is 17.0. The number of halogens is 8. The molecule has 0 bridgehead atoms. The second-order valence-electron chi connectivity index (χ2n) is 7.34.